The first-order valence-electron chi connectivity index (χ1n) is 6.50. The van der Waals surface area contributed by atoms with Gasteiger partial charge in [-0.15, -0.1) is 0 Å². The Kier molecular flexibility index (Phi) is 3.00. The molecule has 1 heterocycles. The third-order valence-corrected chi connectivity index (χ3v) is 5.54. The molecule has 2 saturated carbocycles. The molecule has 3 nitrogen and oxygen atoms in total. The van der Waals surface area contributed by atoms with E-state index in [4.69, 9.17) is 10.7 Å². The summed E-state index contributed by atoms with van der Waals surface area (Å²) in [5, 5.41) is 0. The lowest BCUT2D eigenvalue weighted by Gasteiger charge is -2.21. The Morgan fingerprint density at radius 3 is 2.71 bits per heavy atom. The first-order valence-corrected chi connectivity index (χ1v) is 7.58. The molecule has 1 aromatic rings. The fraction of sp³-hybridized carbons (Fsp3) is 0.692. The SMILES string of the molecule is CCc1nc(C2CC3CCC2C3)nc(N)c1I. The first-order chi connectivity index (χ1) is 8.19. The van der Waals surface area contributed by atoms with Crippen LogP contribution in [0.25, 0.3) is 0 Å². The third kappa shape index (κ3) is 1.94. The van der Waals surface area contributed by atoms with Crippen LogP contribution in [0.15, 0.2) is 0 Å². The third-order valence-electron chi connectivity index (χ3n) is 4.37. The molecule has 1 aromatic heterocycles. The van der Waals surface area contributed by atoms with E-state index >= 15 is 0 Å². The van der Waals surface area contributed by atoms with Crippen molar-refractivity contribution in [3.05, 3.63) is 15.1 Å². The van der Waals surface area contributed by atoms with Crippen molar-refractivity contribution in [2.45, 2.75) is 44.9 Å². The minimum absolute atomic E-state index is 0.582. The van der Waals surface area contributed by atoms with E-state index in [9.17, 15) is 0 Å². The highest BCUT2D eigenvalue weighted by atomic mass is 127. The quantitative estimate of drug-likeness (QED) is 0.840. The summed E-state index contributed by atoms with van der Waals surface area (Å²) in [4.78, 5) is 9.30. The molecular weight excluding hydrogens is 325 g/mol. The van der Waals surface area contributed by atoms with Crippen LogP contribution in [0, 0.1) is 15.4 Å². The highest BCUT2D eigenvalue weighted by Crippen LogP contribution is 2.52. The van der Waals surface area contributed by atoms with Crippen molar-refractivity contribution in [1.82, 2.24) is 9.97 Å². The van der Waals surface area contributed by atoms with E-state index in [0.29, 0.717) is 11.7 Å². The fourth-order valence-corrected chi connectivity index (χ4v) is 4.12. The van der Waals surface area contributed by atoms with Gasteiger partial charge in [0.05, 0.1) is 9.26 Å². The highest BCUT2D eigenvalue weighted by molar-refractivity contribution is 14.1. The van der Waals surface area contributed by atoms with Gasteiger partial charge in [0.2, 0.25) is 0 Å². The Balaban J connectivity index is 1.95. The van der Waals surface area contributed by atoms with Crippen molar-refractivity contribution in [3.8, 4) is 0 Å². The molecular formula is C13H18IN3. The van der Waals surface area contributed by atoms with Crippen LogP contribution in [0.1, 0.15) is 50.0 Å². The van der Waals surface area contributed by atoms with Gasteiger partial charge in [-0.3, -0.25) is 0 Å². The first kappa shape index (κ1) is 11.7. The summed E-state index contributed by atoms with van der Waals surface area (Å²) in [6.45, 7) is 2.13. The standard InChI is InChI=1S/C13H18IN3/c1-2-10-11(14)12(15)17-13(16-10)9-6-7-3-4-8(9)5-7/h7-9H,2-6H2,1H3,(H2,15,16,17). The number of hydrogen-bond acceptors (Lipinski definition) is 3. The number of aryl methyl sites for hydroxylation is 1. The zero-order valence-corrected chi connectivity index (χ0v) is 12.3. The Labute approximate surface area is 116 Å². The second-order valence-corrected chi connectivity index (χ2v) is 6.44. The van der Waals surface area contributed by atoms with Gasteiger partial charge in [0.15, 0.2) is 0 Å². The molecule has 2 aliphatic carbocycles. The monoisotopic (exact) mass is 343 g/mol. The maximum absolute atomic E-state index is 6.00. The largest absolute Gasteiger partial charge is 0.383 e. The van der Waals surface area contributed by atoms with Gasteiger partial charge in [-0.1, -0.05) is 13.3 Å². The van der Waals surface area contributed by atoms with Gasteiger partial charge in [-0.25, -0.2) is 9.97 Å². The molecule has 3 rings (SSSR count). The predicted molar refractivity (Wildman–Crippen MR) is 76.7 cm³/mol. The van der Waals surface area contributed by atoms with Crippen molar-refractivity contribution in [1.29, 1.82) is 0 Å². The summed E-state index contributed by atoms with van der Waals surface area (Å²) in [6, 6.07) is 0. The molecule has 3 atom stereocenters. The molecule has 92 valence electrons. The minimum Gasteiger partial charge on any atom is -0.383 e. The van der Waals surface area contributed by atoms with E-state index in [-0.39, 0.29) is 0 Å². The van der Waals surface area contributed by atoms with E-state index in [0.717, 1.165) is 33.3 Å². The van der Waals surface area contributed by atoms with Crippen LogP contribution in [0.2, 0.25) is 0 Å². The molecule has 0 amide bonds. The van der Waals surface area contributed by atoms with Crippen LogP contribution in [0.3, 0.4) is 0 Å². The number of nitrogen functional groups attached to an aromatic ring is 1. The topological polar surface area (TPSA) is 51.8 Å². The van der Waals surface area contributed by atoms with Crippen LogP contribution in [-0.4, -0.2) is 9.97 Å². The number of nitrogens with two attached hydrogens (primary N) is 1. The maximum atomic E-state index is 6.00. The Morgan fingerprint density at radius 2 is 2.12 bits per heavy atom. The van der Waals surface area contributed by atoms with Crippen molar-refractivity contribution in [2.75, 3.05) is 5.73 Å². The molecule has 0 aliphatic heterocycles. The van der Waals surface area contributed by atoms with E-state index in [1.165, 1.54) is 25.7 Å². The van der Waals surface area contributed by atoms with Crippen molar-refractivity contribution in [3.63, 3.8) is 0 Å². The molecule has 3 unspecified atom stereocenters. The van der Waals surface area contributed by atoms with Crippen LogP contribution >= 0.6 is 22.6 Å². The van der Waals surface area contributed by atoms with E-state index < -0.39 is 0 Å². The molecule has 0 radical (unpaired) electrons. The van der Waals surface area contributed by atoms with E-state index in [2.05, 4.69) is 34.5 Å². The van der Waals surface area contributed by atoms with E-state index in [1.807, 2.05) is 0 Å². The lowest BCUT2D eigenvalue weighted by atomic mass is 9.88. The number of halogens is 1. The summed E-state index contributed by atoms with van der Waals surface area (Å²) in [7, 11) is 0. The van der Waals surface area contributed by atoms with Gasteiger partial charge in [0.25, 0.3) is 0 Å². The van der Waals surface area contributed by atoms with Crippen molar-refractivity contribution >= 4 is 28.4 Å². The molecule has 2 N–H and O–H groups in total. The van der Waals surface area contributed by atoms with Gasteiger partial charge in [0.1, 0.15) is 11.6 Å². The molecule has 17 heavy (non-hydrogen) atoms. The Hall–Kier alpha value is -0.390. The minimum atomic E-state index is 0.582. The zero-order chi connectivity index (χ0) is 12.0. The molecule has 2 fully saturated rings. The second-order valence-electron chi connectivity index (χ2n) is 5.36. The average Bonchev–Trinajstić information content (AvgIpc) is 2.94. The van der Waals surface area contributed by atoms with Crippen LogP contribution in [-0.2, 0) is 6.42 Å². The molecule has 4 heteroatoms. The summed E-state index contributed by atoms with van der Waals surface area (Å²) in [5.74, 6) is 4.03. The molecule has 2 bridgehead atoms. The lowest BCUT2D eigenvalue weighted by molar-refractivity contribution is 0.404. The summed E-state index contributed by atoms with van der Waals surface area (Å²) >= 11 is 2.26. The second kappa shape index (κ2) is 4.37. The van der Waals surface area contributed by atoms with Gasteiger partial charge < -0.3 is 5.73 Å². The van der Waals surface area contributed by atoms with Crippen LogP contribution in [0.5, 0.6) is 0 Å². The summed E-state index contributed by atoms with van der Waals surface area (Å²) in [6.07, 6.45) is 6.40. The van der Waals surface area contributed by atoms with Gasteiger partial charge in [-0.2, -0.15) is 0 Å². The normalized spacial score (nSPS) is 31.1. The summed E-state index contributed by atoms with van der Waals surface area (Å²) in [5.41, 5.74) is 7.13. The number of rotatable bonds is 2. The van der Waals surface area contributed by atoms with Crippen LogP contribution in [0.4, 0.5) is 5.82 Å². The van der Waals surface area contributed by atoms with Crippen LogP contribution < -0.4 is 5.73 Å². The van der Waals surface area contributed by atoms with Crippen molar-refractivity contribution < 1.29 is 0 Å². The van der Waals surface area contributed by atoms with Gasteiger partial charge in [0, 0.05) is 5.92 Å². The predicted octanol–water partition coefficient (Wildman–Crippen LogP) is 3.13. The maximum Gasteiger partial charge on any atom is 0.140 e. The average molecular weight is 343 g/mol. The molecule has 0 aromatic carbocycles. The zero-order valence-electron chi connectivity index (χ0n) is 10.1. The molecule has 0 saturated heterocycles. The summed E-state index contributed by atoms with van der Waals surface area (Å²) < 4.78 is 1.04. The molecule has 2 aliphatic rings. The van der Waals surface area contributed by atoms with Crippen molar-refractivity contribution in [2.24, 2.45) is 11.8 Å². The van der Waals surface area contributed by atoms with Gasteiger partial charge >= 0.3 is 0 Å². The highest BCUT2D eigenvalue weighted by Gasteiger charge is 2.41. The molecule has 0 spiro atoms. The number of fused-ring (bicyclic) bond motifs is 2. The Morgan fingerprint density at radius 1 is 1.29 bits per heavy atom. The smallest absolute Gasteiger partial charge is 0.140 e. The number of aromatic nitrogens is 2. The Bertz CT molecular complexity index is 447. The fourth-order valence-electron chi connectivity index (χ4n) is 3.49. The van der Waals surface area contributed by atoms with E-state index in [1.54, 1.807) is 0 Å². The number of nitrogens with zero attached hydrogens (tertiary/aromatic N) is 2. The van der Waals surface area contributed by atoms with Gasteiger partial charge in [-0.05, 0) is 60.1 Å². The number of anilines is 1. The lowest BCUT2D eigenvalue weighted by Crippen LogP contribution is -2.15. The number of hydrogen-bond donors (Lipinski definition) is 1.